The Bertz CT molecular complexity index is 840. The van der Waals surface area contributed by atoms with Crippen molar-refractivity contribution in [3.8, 4) is 5.75 Å². The number of hydrogen-bond donors (Lipinski definition) is 2. The molecule has 0 unspecified atom stereocenters. The van der Waals surface area contributed by atoms with Crippen molar-refractivity contribution in [1.82, 2.24) is 9.55 Å². The molecule has 0 fully saturated rings. The van der Waals surface area contributed by atoms with E-state index >= 15 is 0 Å². The lowest BCUT2D eigenvalue weighted by Crippen LogP contribution is -2.20. The third-order valence-electron chi connectivity index (χ3n) is 3.63. The minimum Gasteiger partial charge on any atom is -0.494 e. The lowest BCUT2D eigenvalue weighted by molar-refractivity contribution is -0.116. The van der Waals surface area contributed by atoms with Gasteiger partial charge in [0, 0.05) is 5.69 Å². The molecular weight excluding hydrogens is 306 g/mol. The highest BCUT2D eigenvalue weighted by Gasteiger charge is 2.13. The Morgan fingerprint density at radius 3 is 2.67 bits per heavy atom. The quantitative estimate of drug-likeness (QED) is 0.730. The molecule has 0 bridgehead atoms. The fourth-order valence-corrected chi connectivity index (χ4v) is 2.57. The van der Waals surface area contributed by atoms with Gasteiger partial charge in [-0.05, 0) is 43.3 Å². The minimum atomic E-state index is -0.217. The number of nitrogens with zero attached hydrogens (tertiary/aromatic N) is 2. The number of fused-ring (bicyclic) bond motifs is 1. The van der Waals surface area contributed by atoms with Crippen molar-refractivity contribution < 1.29 is 14.6 Å². The van der Waals surface area contributed by atoms with E-state index in [2.05, 4.69) is 10.3 Å². The molecule has 0 radical (unpaired) electrons. The Hall–Kier alpha value is -2.86. The van der Waals surface area contributed by atoms with Gasteiger partial charge in [-0.15, -0.1) is 0 Å². The first-order chi connectivity index (χ1) is 11.7. The third kappa shape index (κ3) is 3.38. The van der Waals surface area contributed by atoms with Gasteiger partial charge in [-0.1, -0.05) is 12.1 Å². The fraction of sp³-hybridized carbons (Fsp3) is 0.222. The molecule has 2 aromatic carbocycles. The molecule has 0 aliphatic carbocycles. The van der Waals surface area contributed by atoms with Gasteiger partial charge in [0.1, 0.15) is 24.7 Å². The second kappa shape index (κ2) is 7.14. The van der Waals surface area contributed by atoms with E-state index in [-0.39, 0.29) is 19.1 Å². The average Bonchev–Trinajstić information content (AvgIpc) is 2.95. The average molecular weight is 325 g/mol. The highest BCUT2D eigenvalue weighted by atomic mass is 16.5. The van der Waals surface area contributed by atoms with Gasteiger partial charge in [0.2, 0.25) is 5.91 Å². The molecule has 6 nitrogen and oxygen atoms in total. The number of aliphatic hydroxyl groups is 1. The zero-order valence-corrected chi connectivity index (χ0v) is 13.4. The normalized spacial score (nSPS) is 10.8. The van der Waals surface area contributed by atoms with Crippen LogP contribution in [0.3, 0.4) is 0 Å². The summed E-state index contributed by atoms with van der Waals surface area (Å²) in [7, 11) is 0. The van der Waals surface area contributed by atoms with Crippen LogP contribution in [0.2, 0.25) is 0 Å². The maximum atomic E-state index is 12.3. The van der Waals surface area contributed by atoms with Gasteiger partial charge in [-0.25, -0.2) is 4.98 Å². The molecule has 1 aromatic heterocycles. The number of hydrogen-bond acceptors (Lipinski definition) is 4. The Kier molecular flexibility index (Phi) is 4.77. The Morgan fingerprint density at radius 1 is 1.21 bits per heavy atom. The first kappa shape index (κ1) is 16.0. The monoisotopic (exact) mass is 325 g/mol. The number of ether oxygens (including phenoxy) is 1. The van der Waals surface area contributed by atoms with Crippen molar-refractivity contribution in [3.05, 3.63) is 54.4 Å². The lowest BCUT2D eigenvalue weighted by Gasteiger charge is -2.10. The molecule has 3 rings (SSSR count). The predicted molar refractivity (Wildman–Crippen MR) is 91.9 cm³/mol. The largest absolute Gasteiger partial charge is 0.494 e. The molecular formula is C18H19N3O3. The van der Waals surface area contributed by atoms with Crippen molar-refractivity contribution in [1.29, 1.82) is 0 Å². The number of aromatic nitrogens is 2. The highest BCUT2D eigenvalue weighted by Crippen LogP contribution is 2.18. The summed E-state index contributed by atoms with van der Waals surface area (Å²) in [5.74, 6) is 1.05. The van der Waals surface area contributed by atoms with Crippen LogP contribution in [-0.2, 0) is 17.9 Å². The zero-order valence-electron chi connectivity index (χ0n) is 13.4. The van der Waals surface area contributed by atoms with E-state index in [0.717, 1.165) is 16.8 Å². The number of imidazole rings is 1. The molecule has 0 saturated heterocycles. The third-order valence-corrected chi connectivity index (χ3v) is 3.63. The number of nitrogens with one attached hydrogen (secondary N) is 1. The Morgan fingerprint density at radius 2 is 1.96 bits per heavy atom. The second-order valence-corrected chi connectivity index (χ2v) is 5.27. The molecule has 0 saturated carbocycles. The summed E-state index contributed by atoms with van der Waals surface area (Å²) in [6.45, 7) is 2.39. The van der Waals surface area contributed by atoms with E-state index in [1.807, 2.05) is 43.3 Å². The number of carbonyl (C=O) groups excluding carboxylic acids is 1. The number of amides is 1. The van der Waals surface area contributed by atoms with Gasteiger partial charge in [-0.2, -0.15) is 0 Å². The van der Waals surface area contributed by atoms with E-state index in [1.54, 1.807) is 16.7 Å². The molecule has 1 heterocycles. The van der Waals surface area contributed by atoms with Crippen LogP contribution in [0, 0.1) is 0 Å². The maximum Gasteiger partial charge on any atom is 0.244 e. The number of para-hydroxylation sites is 2. The van der Waals surface area contributed by atoms with E-state index in [4.69, 9.17) is 4.74 Å². The van der Waals surface area contributed by atoms with E-state index in [0.29, 0.717) is 18.1 Å². The molecule has 2 N–H and O–H groups in total. The smallest absolute Gasteiger partial charge is 0.244 e. The molecule has 0 atom stereocenters. The van der Waals surface area contributed by atoms with Crippen molar-refractivity contribution in [3.63, 3.8) is 0 Å². The van der Waals surface area contributed by atoms with Crippen LogP contribution >= 0.6 is 0 Å². The van der Waals surface area contributed by atoms with Crippen molar-refractivity contribution >= 4 is 22.6 Å². The van der Waals surface area contributed by atoms with Crippen LogP contribution in [-0.4, -0.2) is 27.2 Å². The van der Waals surface area contributed by atoms with E-state index in [9.17, 15) is 9.90 Å². The van der Waals surface area contributed by atoms with Gasteiger partial charge in [0.05, 0.1) is 17.6 Å². The van der Waals surface area contributed by atoms with Crippen LogP contribution in [0.4, 0.5) is 5.69 Å². The molecule has 124 valence electrons. The summed E-state index contributed by atoms with van der Waals surface area (Å²) in [5, 5.41) is 12.3. The summed E-state index contributed by atoms with van der Waals surface area (Å²) in [6.07, 6.45) is 0. The standard InChI is InChI=1S/C18H19N3O3/c1-2-24-14-9-7-13(8-10-14)19-18(23)11-21-16-6-4-3-5-15(16)20-17(21)12-22/h3-10,22H,2,11-12H2,1H3,(H,19,23). The first-order valence-corrected chi connectivity index (χ1v) is 7.79. The Labute approximate surface area is 139 Å². The van der Waals surface area contributed by atoms with Crippen molar-refractivity contribution in [2.75, 3.05) is 11.9 Å². The summed E-state index contributed by atoms with van der Waals surface area (Å²) in [4.78, 5) is 16.7. The van der Waals surface area contributed by atoms with Gasteiger partial charge < -0.3 is 19.7 Å². The van der Waals surface area contributed by atoms with E-state index < -0.39 is 0 Å². The number of anilines is 1. The predicted octanol–water partition coefficient (Wildman–Crippen LogP) is 2.57. The van der Waals surface area contributed by atoms with Crippen LogP contribution in [0.5, 0.6) is 5.75 Å². The van der Waals surface area contributed by atoms with Gasteiger partial charge >= 0.3 is 0 Å². The number of rotatable bonds is 6. The van der Waals surface area contributed by atoms with Crippen molar-refractivity contribution in [2.45, 2.75) is 20.1 Å². The fourth-order valence-electron chi connectivity index (χ4n) is 2.57. The molecule has 0 aliphatic heterocycles. The van der Waals surface area contributed by atoms with Gasteiger partial charge in [-0.3, -0.25) is 4.79 Å². The summed E-state index contributed by atoms with van der Waals surface area (Å²) in [5.41, 5.74) is 2.28. The van der Waals surface area contributed by atoms with Crippen LogP contribution in [0.1, 0.15) is 12.7 Å². The molecule has 24 heavy (non-hydrogen) atoms. The molecule has 1 amide bonds. The number of carbonyl (C=O) groups is 1. The number of aliphatic hydroxyl groups excluding tert-OH is 1. The molecule has 6 heteroatoms. The van der Waals surface area contributed by atoms with Crippen LogP contribution < -0.4 is 10.1 Å². The zero-order chi connectivity index (χ0) is 16.9. The number of benzene rings is 2. The first-order valence-electron chi connectivity index (χ1n) is 7.79. The second-order valence-electron chi connectivity index (χ2n) is 5.27. The maximum absolute atomic E-state index is 12.3. The van der Waals surface area contributed by atoms with Gasteiger partial charge in [0.15, 0.2) is 0 Å². The summed E-state index contributed by atoms with van der Waals surface area (Å²) < 4.78 is 7.10. The Balaban J connectivity index is 1.75. The van der Waals surface area contributed by atoms with Crippen LogP contribution in [0.15, 0.2) is 48.5 Å². The minimum absolute atomic E-state index is 0.0869. The van der Waals surface area contributed by atoms with E-state index in [1.165, 1.54) is 0 Å². The molecule has 0 aliphatic rings. The van der Waals surface area contributed by atoms with Crippen LogP contribution in [0.25, 0.3) is 11.0 Å². The summed E-state index contributed by atoms with van der Waals surface area (Å²) in [6, 6.07) is 14.7. The summed E-state index contributed by atoms with van der Waals surface area (Å²) >= 11 is 0. The lowest BCUT2D eigenvalue weighted by atomic mass is 10.3. The molecule has 0 spiro atoms. The molecule has 3 aromatic rings. The highest BCUT2D eigenvalue weighted by molar-refractivity contribution is 5.91. The van der Waals surface area contributed by atoms with Gasteiger partial charge in [0.25, 0.3) is 0 Å². The van der Waals surface area contributed by atoms with Crippen molar-refractivity contribution in [2.24, 2.45) is 0 Å². The topological polar surface area (TPSA) is 76.4 Å². The SMILES string of the molecule is CCOc1ccc(NC(=O)Cn2c(CO)nc3ccccc32)cc1.